The van der Waals surface area contributed by atoms with Crippen LogP contribution in [0.1, 0.15) is 9.67 Å². The highest BCUT2D eigenvalue weighted by Gasteiger charge is 2.62. The maximum absolute atomic E-state index is 12.3. The third-order valence-corrected chi connectivity index (χ3v) is 5.03. The van der Waals surface area contributed by atoms with Gasteiger partial charge in [0.15, 0.2) is 0 Å². The number of halogens is 1. The van der Waals surface area contributed by atoms with Gasteiger partial charge >= 0.3 is 5.97 Å². The second kappa shape index (κ2) is 4.40. The van der Waals surface area contributed by atoms with Crippen molar-refractivity contribution in [3.05, 3.63) is 33.5 Å². The second-order valence-corrected chi connectivity index (χ2v) is 6.67. The molecular formula is C13H8ClNO5S. The van der Waals surface area contributed by atoms with E-state index in [0.29, 0.717) is 9.40 Å². The van der Waals surface area contributed by atoms with Gasteiger partial charge in [-0.3, -0.25) is 9.59 Å². The summed E-state index contributed by atoms with van der Waals surface area (Å²) in [6.45, 7) is 0. The Morgan fingerprint density at radius 3 is 2.33 bits per heavy atom. The Hall–Kier alpha value is -1.70. The fourth-order valence-electron chi connectivity index (χ4n) is 2.92. The molecule has 0 spiro atoms. The smallest absolute Gasteiger partial charge is 0.365 e. The number of rotatable bonds is 2. The van der Waals surface area contributed by atoms with Crippen LogP contribution in [0.5, 0.6) is 0 Å². The molecule has 6 nitrogen and oxygen atoms in total. The van der Waals surface area contributed by atoms with E-state index in [0.717, 1.165) is 11.3 Å². The van der Waals surface area contributed by atoms with Crippen LogP contribution in [-0.2, 0) is 19.2 Å². The SMILES string of the molecule is O=C(ON1C(=O)[C@@H]2[C@H](C1=O)[C@@H]1C=C[C@@H]2O1)c1ccc(Cl)s1. The van der Waals surface area contributed by atoms with Gasteiger partial charge in [0.2, 0.25) is 0 Å². The van der Waals surface area contributed by atoms with Crippen LogP contribution in [0.15, 0.2) is 24.3 Å². The van der Waals surface area contributed by atoms with Gasteiger partial charge in [-0.05, 0) is 12.1 Å². The Bertz CT molecular complexity index is 668. The second-order valence-electron chi connectivity index (χ2n) is 4.96. The Morgan fingerprint density at radius 1 is 1.19 bits per heavy atom. The van der Waals surface area contributed by atoms with Crippen molar-refractivity contribution in [3.63, 3.8) is 0 Å². The van der Waals surface area contributed by atoms with E-state index in [4.69, 9.17) is 21.2 Å². The number of hydrogen-bond donors (Lipinski definition) is 0. The van der Waals surface area contributed by atoms with Crippen molar-refractivity contribution in [2.24, 2.45) is 11.8 Å². The van der Waals surface area contributed by atoms with E-state index in [-0.39, 0.29) is 4.88 Å². The molecule has 1 aromatic heterocycles. The summed E-state index contributed by atoms with van der Waals surface area (Å²) in [5.41, 5.74) is 0. The fraction of sp³-hybridized carbons (Fsp3) is 0.308. The van der Waals surface area contributed by atoms with Gasteiger partial charge in [0.05, 0.1) is 28.4 Å². The molecule has 1 aromatic rings. The van der Waals surface area contributed by atoms with Crippen molar-refractivity contribution in [3.8, 4) is 0 Å². The maximum Gasteiger partial charge on any atom is 0.373 e. The highest BCUT2D eigenvalue weighted by atomic mass is 35.5. The van der Waals surface area contributed by atoms with Crippen molar-refractivity contribution in [2.45, 2.75) is 12.2 Å². The van der Waals surface area contributed by atoms with E-state index in [1.54, 1.807) is 18.2 Å². The molecule has 21 heavy (non-hydrogen) atoms. The van der Waals surface area contributed by atoms with Gasteiger partial charge in [0.1, 0.15) is 4.88 Å². The molecule has 108 valence electrons. The van der Waals surface area contributed by atoms with E-state index < -0.39 is 41.8 Å². The molecule has 0 radical (unpaired) electrons. The standard InChI is InChI=1S/C13H8ClNO5S/c14-8-4-3-7(21-8)13(18)20-15-11(16)9-5-1-2-6(19-5)10(9)12(15)17/h1-6,9-10H/t5-,6-,9-,10+/m0/s1. The summed E-state index contributed by atoms with van der Waals surface area (Å²) in [7, 11) is 0. The molecule has 3 aliphatic rings. The number of carbonyl (C=O) groups is 3. The van der Waals surface area contributed by atoms with Crippen molar-refractivity contribution in [1.29, 1.82) is 0 Å². The lowest BCUT2D eigenvalue weighted by molar-refractivity contribution is -0.177. The zero-order valence-electron chi connectivity index (χ0n) is 10.4. The first-order valence-electron chi connectivity index (χ1n) is 6.25. The zero-order valence-corrected chi connectivity index (χ0v) is 12.0. The van der Waals surface area contributed by atoms with Crippen LogP contribution in [0, 0.1) is 11.8 Å². The Kier molecular flexibility index (Phi) is 2.72. The number of amides is 2. The van der Waals surface area contributed by atoms with Crippen LogP contribution in [0.2, 0.25) is 4.34 Å². The summed E-state index contributed by atoms with van der Waals surface area (Å²) in [6.07, 6.45) is 2.72. The van der Waals surface area contributed by atoms with Gasteiger partial charge in [-0.25, -0.2) is 4.79 Å². The highest BCUT2D eigenvalue weighted by molar-refractivity contribution is 7.17. The predicted molar refractivity (Wildman–Crippen MR) is 71.4 cm³/mol. The molecule has 3 aliphatic heterocycles. The highest BCUT2D eigenvalue weighted by Crippen LogP contribution is 2.45. The zero-order chi connectivity index (χ0) is 14.7. The van der Waals surface area contributed by atoms with E-state index in [1.165, 1.54) is 6.07 Å². The lowest BCUT2D eigenvalue weighted by atomic mass is 9.85. The van der Waals surface area contributed by atoms with Gasteiger partial charge in [0.25, 0.3) is 11.8 Å². The summed E-state index contributed by atoms with van der Waals surface area (Å²) in [4.78, 5) is 41.6. The molecule has 0 saturated carbocycles. The molecule has 2 fully saturated rings. The van der Waals surface area contributed by atoms with Gasteiger partial charge in [-0.2, -0.15) is 0 Å². The minimum Gasteiger partial charge on any atom is -0.365 e. The van der Waals surface area contributed by atoms with E-state index in [9.17, 15) is 14.4 Å². The Labute approximate surface area is 127 Å². The number of hydroxylamine groups is 2. The first-order valence-corrected chi connectivity index (χ1v) is 7.45. The predicted octanol–water partition coefficient (Wildman–Crippen LogP) is 1.41. The molecule has 4 rings (SSSR count). The molecular weight excluding hydrogens is 318 g/mol. The molecule has 0 unspecified atom stereocenters. The lowest BCUT2D eigenvalue weighted by Gasteiger charge is -2.15. The first-order chi connectivity index (χ1) is 10.1. The summed E-state index contributed by atoms with van der Waals surface area (Å²) < 4.78 is 5.91. The van der Waals surface area contributed by atoms with Crippen LogP contribution in [0.4, 0.5) is 0 Å². The number of hydrogen-bond acceptors (Lipinski definition) is 6. The van der Waals surface area contributed by atoms with Crippen LogP contribution in [0.3, 0.4) is 0 Å². The van der Waals surface area contributed by atoms with Crippen LogP contribution < -0.4 is 0 Å². The number of thiophene rings is 1. The van der Waals surface area contributed by atoms with Gasteiger partial charge in [0, 0.05) is 0 Å². The monoisotopic (exact) mass is 325 g/mol. The summed E-state index contributed by atoms with van der Waals surface area (Å²) >= 11 is 6.76. The summed E-state index contributed by atoms with van der Waals surface area (Å²) in [6, 6.07) is 3.03. The number of ether oxygens (including phenoxy) is 1. The lowest BCUT2D eigenvalue weighted by Crippen LogP contribution is -2.36. The minimum absolute atomic E-state index is 0.231. The van der Waals surface area contributed by atoms with Gasteiger partial charge in [-0.15, -0.1) is 16.4 Å². The first kappa shape index (κ1) is 13.0. The normalized spacial score (nSPS) is 32.9. The van der Waals surface area contributed by atoms with Crippen LogP contribution in [-0.4, -0.2) is 35.1 Å². The molecule has 2 saturated heterocycles. The summed E-state index contributed by atoms with van der Waals surface area (Å²) in [5.74, 6) is -3.01. The summed E-state index contributed by atoms with van der Waals surface area (Å²) in [5, 5.41) is 0.570. The molecule has 0 aromatic carbocycles. The van der Waals surface area contributed by atoms with E-state index >= 15 is 0 Å². The quantitative estimate of drug-likeness (QED) is 0.607. The van der Waals surface area contributed by atoms with Gasteiger partial charge < -0.3 is 9.57 Å². The largest absolute Gasteiger partial charge is 0.373 e. The van der Waals surface area contributed by atoms with Crippen molar-refractivity contribution >= 4 is 40.7 Å². The van der Waals surface area contributed by atoms with E-state index in [1.807, 2.05) is 0 Å². The molecule has 2 amide bonds. The van der Waals surface area contributed by atoms with E-state index in [2.05, 4.69) is 0 Å². The molecule has 4 heterocycles. The third kappa shape index (κ3) is 1.78. The molecule has 2 bridgehead atoms. The number of carbonyl (C=O) groups excluding carboxylic acids is 3. The van der Waals surface area contributed by atoms with Crippen molar-refractivity contribution in [1.82, 2.24) is 5.06 Å². The number of imide groups is 1. The average Bonchev–Trinajstić information content (AvgIpc) is 3.19. The fourth-order valence-corrected chi connectivity index (χ4v) is 3.83. The third-order valence-electron chi connectivity index (χ3n) is 3.82. The number of fused-ring (bicyclic) bond motifs is 5. The minimum atomic E-state index is -0.769. The molecule has 4 atom stereocenters. The number of nitrogens with zero attached hydrogens (tertiary/aromatic N) is 1. The molecule has 0 N–H and O–H groups in total. The Morgan fingerprint density at radius 2 is 1.81 bits per heavy atom. The van der Waals surface area contributed by atoms with Crippen molar-refractivity contribution < 1.29 is 24.0 Å². The maximum atomic E-state index is 12.3. The van der Waals surface area contributed by atoms with Crippen molar-refractivity contribution in [2.75, 3.05) is 0 Å². The average molecular weight is 326 g/mol. The Balaban J connectivity index is 1.56. The topological polar surface area (TPSA) is 72.9 Å². The molecule has 0 aliphatic carbocycles. The molecule has 8 heteroatoms. The van der Waals surface area contributed by atoms with Gasteiger partial charge in [-0.1, -0.05) is 23.8 Å². The van der Waals surface area contributed by atoms with Crippen LogP contribution in [0.25, 0.3) is 0 Å². The van der Waals surface area contributed by atoms with Crippen LogP contribution >= 0.6 is 22.9 Å².